The van der Waals surface area contributed by atoms with Crippen LogP contribution in [0, 0.1) is 5.41 Å². The largest absolute Gasteiger partial charge is 0.387 e. The van der Waals surface area contributed by atoms with Gasteiger partial charge in [0.2, 0.25) is 0 Å². The fourth-order valence-electron chi connectivity index (χ4n) is 1.19. The maximum absolute atomic E-state index is 12.4. The molecule has 0 spiro atoms. The lowest BCUT2D eigenvalue weighted by atomic mass is 9.85. The van der Waals surface area contributed by atoms with Gasteiger partial charge >= 0.3 is 0 Å². The minimum Gasteiger partial charge on any atom is -0.387 e. The molecule has 1 aliphatic heterocycles. The fourth-order valence-corrected chi connectivity index (χ4v) is 1.19. The van der Waals surface area contributed by atoms with Gasteiger partial charge in [0.25, 0.3) is 0 Å². The molecule has 0 amide bonds. The van der Waals surface area contributed by atoms with Gasteiger partial charge in [-0.3, -0.25) is 9.38 Å². The van der Waals surface area contributed by atoms with Crippen LogP contribution >= 0.6 is 0 Å². The Morgan fingerprint density at radius 1 is 1.80 bits per heavy atom. The standard InChI is InChI=1S/C7H13FN2/c1-2-7(4-8)3-6(9)10-5-7/h2-5H2,1H3,(H2,9,10). The van der Waals surface area contributed by atoms with Crippen molar-refractivity contribution in [3.05, 3.63) is 0 Å². The van der Waals surface area contributed by atoms with Crippen LogP contribution in [0.5, 0.6) is 0 Å². The number of alkyl halides is 1. The van der Waals surface area contributed by atoms with Gasteiger partial charge in [-0.1, -0.05) is 6.92 Å². The summed E-state index contributed by atoms with van der Waals surface area (Å²) in [5, 5.41) is 0. The van der Waals surface area contributed by atoms with Gasteiger partial charge < -0.3 is 5.73 Å². The van der Waals surface area contributed by atoms with Crippen molar-refractivity contribution in [1.29, 1.82) is 0 Å². The molecular weight excluding hydrogens is 131 g/mol. The summed E-state index contributed by atoms with van der Waals surface area (Å²) in [5.41, 5.74) is 5.20. The molecule has 0 aromatic rings. The lowest BCUT2D eigenvalue weighted by molar-refractivity contribution is 0.227. The zero-order chi connectivity index (χ0) is 7.61. The molecule has 1 atom stereocenters. The highest BCUT2D eigenvalue weighted by molar-refractivity contribution is 5.82. The molecule has 0 radical (unpaired) electrons. The molecule has 1 rings (SSSR count). The van der Waals surface area contributed by atoms with Crippen LogP contribution in [0.3, 0.4) is 0 Å². The first-order chi connectivity index (χ1) is 4.72. The Hall–Kier alpha value is -0.600. The van der Waals surface area contributed by atoms with E-state index < -0.39 is 0 Å². The minimum atomic E-state index is -0.298. The number of aliphatic imine (C=N–C) groups is 1. The Morgan fingerprint density at radius 2 is 2.50 bits per heavy atom. The molecule has 58 valence electrons. The van der Waals surface area contributed by atoms with Crippen LogP contribution in [-0.2, 0) is 0 Å². The van der Waals surface area contributed by atoms with Crippen molar-refractivity contribution in [2.45, 2.75) is 19.8 Å². The SMILES string of the molecule is CCC1(CF)CN=C(N)C1. The summed E-state index contributed by atoms with van der Waals surface area (Å²) in [6.45, 7) is 2.26. The van der Waals surface area contributed by atoms with Crippen LogP contribution in [-0.4, -0.2) is 19.1 Å². The van der Waals surface area contributed by atoms with E-state index in [4.69, 9.17) is 5.73 Å². The fraction of sp³-hybridized carbons (Fsp3) is 0.857. The molecule has 0 aromatic carbocycles. The molecule has 3 heteroatoms. The normalized spacial score (nSPS) is 32.4. The van der Waals surface area contributed by atoms with E-state index in [0.29, 0.717) is 18.8 Å². The van der Waals surface area contributed by atoms with Gasteiger partial charge in [-0.15, -0.1) is 0 Å². The lowest BCUT2D eigenvalue weighted by Crippen LogP contribution is -2.25. The number of hydrogen-bond donors (Lipinski definition) is 1. The highest BCUT2D eigenvalue weighted by Gasteiger charge is 2.33. The number of halogens is 1. The molecule has 1 unspecified atom stereocenters. The number of nitrogens with two attached hydrogens (primary N) is 1. The molecule has 0 aliphatic carbocycles. The van der Waals surface area contributed by atoms with E-state index in [0.717, 1.165) is 6.42 Å². The van der Waals surface area contributed by atoms with Crippen molar-refractivity contribution >= 4 is 5.84 Å². The third-order valence-electron chi connectivity index (χ3n) is 2.21. The molecule has 1 heterocycles. The maximum Gasteiger partial charge on any atom is 0.0972 e. The Morgan fingerprint density at radius 3 is 2.70 bits per heavy atom. The maximum atomic E-state index is 12.4. The zero-order valence-electron chi connectivity index (χ0n) is 6.23. The molecule has 1 aliphatic rings. The van der Waals surface area contributed by atoms with Crippen molar-refractivity contribution in [2.75, 3.05) is 13.2 Å². The predicted octanol–water partition coefficient (Wildman–Crippen LogP) is 1.11. The summed E-state index contributed by atoms with van der Waals surface area (Å²) >= 11 is 0. The second-order valence-electron chi connectivity index (χ2n) is 2.97. The first kappa shape index (κ1) is 7.51. The molecule has 0 saturated heterocycles. The number of nitrogens with zero attached hydrogens (tertiary/aromatic N) is 1. The van der Waals surface area contributed by atoms with Crippen LogP contribution in [0.25, 0.3) is 0 Å². The summed E-state index contributed by atoms with van der Waals surface area (Å²) in [6, 6.07) is 0. The monoisotopic (exact) mass is 144 g/mol. The second kappa shape index (κ2) is 2.56. The molecule has 0 bridgehead atoms. The van der Waals surface area contributed by atoms with Gasteiger partial charge in [0.15, 0.2) is 0 Å². The Kier molecular flexibility index (Phi) is 1.92. The molecule has 10 heavy (non-hydrogen) atoms. The van der Waals surface area contributed by atoms with Crippen molar-refractivity contribution < 1.29 is 4.39 Å². The molecule has 2 N–H and O–H groups in total. The zero-order valence-corrected chi connectivity index (χ0v) is 6.23. The Bertz CT molecular complexity index is 150. The second-order valence-corrected chi connectivity index (χ2v) is 2.97. The molecule has 0 fully saturated rings. The van der Waals surface area contributed by atoms with Crippen molar-refractivity contribution in [2.24, 2.45) is 16.1 Å². The summed E-state index contributed by atoms with van der Waals surface area (Å²) in [7, 11) is 0. The van der Waals surface area contributed by atoms with Gasteiger partial charge in [0, 0.05) is 18.4 Å². The molecule has 2 nitrogen and oxygen atoms in total. The van der Waals surface area contributed by atoms with E-state index in [2.05, 4.69) is 4.99 Å². The molecule has 0 saturated carbocycles. The number of hydrogen-bond acceptors (Lipinski definition) is 2. The first-order valence-corrected chi connectivity index (χ1v) is 3.57. The Labute approximate surface area is 60.3 Å². The van der Waals surface area contributed by atoms with Gasteiger partial charge in [-0.05, 0) is 6.42 Å². The van der Waals surface area contributed by atoms with Crippen LogP contribution in [0.15, 0.2) is 4.99 Å². The number of rotatable bonds is 2. The first-order valence-electron chi connectivity index (χ1n) is 3.57. The van der Waals surface area contributed by atoms with Crippen LogP contribution in [0.4, 0.5) is 4.39 Å². The minimum absolute atomic E-state index is 0.246. The average molecular weight is 144 g/mol. The summed E-state index contributed by atoms with van der Waals surface area (Å²) in [4.78, 5) is 3.99. The Balaban J connectivity index is 2.57. The smallest absolute Gasteiger partial charge is 0.0972 e. The van der Waals surface area contributed by atoms with E-state index in [1.807, 2.05) is 6.92 Å². The number of amidine groups is 1. The van der Waals surface area contributed by atoms with Crippen LogP contribution in [0.1, 0.15) is 19.8 Å². The van der Waals surface area contributed by atoms with Crippen molar-refractivity contribution in [3.8, 4) is 0 Å². The van der Waals surface area contributed by atoms with E-state index in [9.17, 15) is 4.39 Å². The van der Waals surface area contributed by atoms with Crippen LogP contribution in [0.2, 0.25) is 0 Å². The third kappa shape index (κ3) is 1.13. The van der Waals surface area contributed by atoms with Crippen molar-refractivity contribution in [1.82, 2.24) is 0 Å². The van der Waals surface area contributed by atoms with E-state index in [1.54, 1.807) is 0 Å². The predicted molar refractivity (Wildman–Crippen MR) is 39.8 cm³/mol. The van der Waals surface area contributed by atoms with Crippen molar-refractivity contribution in [3.63, 3.8) is 0 Å². The summed E-state index contributed by atoms with van der Waals surface area (Å²) in [5.74, 6) is 0.611. The van der Waals surface area contributed by atoms with Gasteiger partial charge in [-0.2, -0.15) is 0 Å². The van der Waals surface area contributed by atoms with Gasteiger partial charge in [-0.25, -0.2) is 0 Å². The topological polar surface area (TPSA) is 38.4 Å². The average Bonchev–Trinajstić information content (AvgIpc) is 2.33. The summed E-state index contributed by atoms with van der Waals surface area (Å²) in [6.07, 6.45) is 1.47. The third-order valence-corrected chi connectivity index (χ3v) is 2.21. The van der Waals surface area contributed by atoms with E-state index in [-0.39, 0.29) is 12.1 Å². The quantitative estimate of drug-likeness (QED) is 0.619. The van der Waals surface area contributed by atoms with Crippen LogP contribution < -0.4 is 5.73 Å². The molecular formula is C7H13FN2. The summed E-state index contributed by atoms with van der Waals surface area (Å²) < 4.78 is 12.4. The van der Waals surface area contributed by atoms with E-state index in [1.165, 1.54) is 0 Å². The highest BCUT2D eigenvalue weighted by atomic mass is 19.1. The van der Waals surface area contributed by atoms with Gasteiger partial charge in [0.1, 0.15) is 0 Å². The van der Waals surface area contributed by atoms with E-state index >= 15 is 0 Å². The molecule has 0 aromatic heterocycles. The lowest BCUT2D eigenvalue weighted by Gasteiger charge is -2.21. The van der Waals surface area contributed by atoms with Gasteiger partial charge in [0.05, 0.1) is 12.5 Å². The highest BCUT2D eigenvalue weighted by Crippen LogP contribution is 2.31.